The minimum Gasteiger partial charge on any atom is -0.492 e. The van der Waals surface area contributed by atoms with Crippen LogP contribution < -0.4 is 9.47 Å². The molecule has 0 saturated carbocycles. The van der Waals surface area contributed by atoms with Crippen LogP contribution in [0.15, 0.2) is 12.1 Å². The van der Waals surface area contributed by atoms with E-state index in [9.17, 15) is 9.59 Å². The lowest BCUT2D eigenvalue weighted by atomic mass is 10.1. The lowest BCUT2D eigenvalue weighted by Gasteiger charge is -2.12. The number of carbonyl (C=O) groups excluding carboxylic acids is 2. The maximum Gasteiger partial charge on any atom is 0.172 e. The number of benzene rings is 1. The highest BCUT2D eigenvalue weighted by molar-refractivity contribution is 5.99. The number of rotatable bonds is 4. The molecule has 0 aliphatic carbocycles. The molecular weight excluding hydrogens is 196 g/mol. The Labute approximate surface area is 87.8 Å². The first-order chi connectivity index (χ1) is 7.15. The molecule has 4 nitrogen and oxygen atoms in total. The van der Waals surface area contributed by atoms with E-state index < -0.39 is 0 Å². The quantitative estimate of drug-likeness (QED) is 0.558. The first kappa shape index (κ1) is 11.2. The van der Waals surface area contributed by atoms with Crippen molar-refractivity contribution in [2.24, 2.45) is 0 Å². The Kier molecular flexibility index (Phi) is 3.44. The van der Waals surface area contributed by atoms with Crippen LogP contribution in [-0.2, 0) is 0 Å². The van der Waals surface area contributed by atoms with Gasteiger partial charge in [0.05, 0.1) is 25.3 Å². The molecule has 1 aromatic rings. The number of hydrogen-bond donors (Lipinski definition) is 0. The Hall–Kier alpha value is -1.84. The van der Waals surface area contributed by atoms with Crippen molar-refractivity contribution in [3.8, 4) is 11.5 Å². The number of ketones is 1. The molecule has 0 N–H and O–H groups in total. The van der Waals surface area contributed by atoms with Gasteiger partial charge in [0.2, 0.25) is 0 Å². The van der Waals surface area contributed by atoms with E-state index in [2.05, 4.69) is 0 Å². The lowest BCUT2D eigenvalue weighted by molar-refractivity contribution is 0.101. The van der Waals surface area contributed by atoms with Crippen LogP contribution in [0.2, 0.25) is 0 Å². The fraction of sp³-hybridized carbons (Fsp3) is 0.273. The van der Waals surface area contributed by atoms with Crippen LogP contribution >= 0.6 is 0 Å². The molecule has 1 rings (SSSR count). The number of Topliss-reactive ketones (excluding diaryl/α,β-unsaturated/α-hetero) is 1. The zero-order valence-corrected chi connectivity index (χ0v) is 8.87. The topological polar surface area (TPSA) is 52.6 Å². The molecule has 4 heteroatoms. The largest absolute Gasteiger partial charge is 0.492 e. The number of carbonyl (C=O) groups is 2. The molecule has 0 saturated heterocycles. The molecule has 0 heterocycles. The van der Waals surface area contributed by atoms with Gasteiger partial charge in [0, 0.05) is 0 Å². The van der Waals surface area contributed by atoms with Gasteiger partial charge in [-0.3, -0.25) is 9.59 Å². The molecule has 0 bridgehead atoms. The van der Waals surface area contributed by atoms with Crippen molar-refractivity contribution in [1.29, 1.82) is 0 Å². The van der Waals surface area contributed by atoms with Gasteiger partial charge in [-0.15, -0.1) is 0 Å². The van der Waals surface area contributed by atoms with E-state index in [0.29, 0.717) is 28.9 Å². The zero-order valence-electron chi connectivity index (χ0n) is 8.87. The second-order valence-electron chi connectivity index (χ2n) is 2.94. The van der Waals surface area contributed by atoms with Gasteiger partial charge >= 0.3 is 0 Å². The Morgan fingerprint density at radius 1 is 1.20 bits per heavy atom. The van der Waals surface area contributed by atoms with Crippen LogP contribution in [0.4, 0.5) is 0 Å². The molecule has 0 aliphatic heterocycles. The van der Waals surface area contributed by atoms with Gasteiger partial charge in [-0.1, -0.05) is 0 Å². The van der Waals surface area contributed by atoms with Crippen LogP contribution in [0, 0.1) is 0 Å². The van der Waals surface area contributed by atoms with Crippen LogP contribution in [-0.4, -0.2) is 26.3 Å². The van der Waals surface area contributed by atoms with Crippen LogP contribution in [0.3, 0.4) is 0 Å². The predicted molar refractivity (Wildman–Crippen MR) is 54.9 cm³/mol. The van der Waals surface area contributed by atoms with E-state index in [-0.39, 0.29) is 5.78 Å². The van der Waals surface area contributed by atoms with Crippen LogP contribution in [0.5, 0.6) is 11.5 Å². The Morgan fingerprint density at radius 2 is 1.80 bits per heavy atom. The average Bonchev–Trinajstić information content (AvgIpc) is 2.26. The summed E-state index contributed by atoms with van der Waals surface area (Å²) in [4.78, 5) is 22.0. The monoisotopic (exact) mass is 208 g/mol. The van der Waals surface area contributed by atoms with E-state index in [1.165, 1.54) is 27.2 Å². The smallest absolute Gasteiger partial charge is 0.172 e. The fourth-order valence-electron chi connectivity index (χ4n) is 1.36. The van der Waals surface area contributed by atoms with Crippen molar-refractivity contribution in [3.63, 3.8) is 0 Å². The highest BCUT2D eigenvalue weighted by atomic mass is 16.5. The van der Waals surface area contributed by atoms with Gasteiger partial charge in [0.25, 0.3) is 0 Å². The third-order valence-corrected chi connectivity index (χ3v) is 2.06. The van der Waals surface area contributed by atoms with Gasteiger partial charge in [-0.25, -0.2) is 0 Å². The molecule has 80 valence electrons. The Balaban J connectivity index is 3.47. The molecule has 0 fully saturated rings. The predicted octanol–water partition coefficient (Wildman–Crippen LogP) is 1.72. The average molecular weight is 208 g/mol. The van der Waals surface area contributed by atoms with Crippen molar-refractivity contribution < 1.29 is 19.1 Å². The van der Waals surface area contributed by atoms with E-state index in [1.54, 1.807) is 6.07 Å². The second kappa shape index (κ2) is 4.59. The second-order valence-corrected chi connectivity index (χ2v) is 2.94. The maximum atomic E-state index is 11.3. The van der Waals surface area contributed by atoms with Crippen LogP contribution in [0.1, 0.15) is 27.6 Å². The molecule has 15 heavy (non-hydrogen) atoms. The van der Waals surface area contributed by atoms with Crippen LogP contribution in [0.25, 0.3) is 0 Å². The van der Waals surface area contributed by atoms with Gasteiger partial charge in [0.1, 0.15) is 0 Å². The molecule has 0 aromatic heterocycles. The third-order valence-electron chi connectivity index (χ3n) is 2.06. The molecular formula is C11H12O4. The summed E-state index contributed by atoms with van der Waals surface area (Å²) in [6.45, 7) is 1.43. The van der Waals surface area contributed by atoms with E-state index >= 15 is 0 Å². The number of methoxy groups -OCH3 is 2. The maximum absolute atomic E-state index is 11.3. The molecule has 0 spiro atoms. The van der Waals surface area contributed by atoms with Gasteiger partial charge in [-0.05, 0) is 19.1 Å². The van der Waals surface area contributed by atoms with Gasteiger partial charge in [0.15, 0.2) is 23.6 Å². The molecule has 0 aliphatic rings. The van der Waals surface area contributed by atoms with Gasteiger partial charge in [-0.2, -0.15) is 0 Å². The van der Waals surface area contributed by atoms with Crippen molar-refractivity contribution in [2.75, 3.05) is 14.2 Å². The molecule has 0 amide bonds. The zero-order chi connectivity index (χ0) is 11.4. The fourth-order valence-corrected chi connectivity index (χ4v) is 1.36. The third kappa shape index (κ3) is 1.98. The summed E-state index contributed by atoms with van der Waals surface area (Å²) in [5, 5.41) is 0. The van der Waals surface area contributed by atoms with Gasteiger partial charge < -0.3 is 9.47 Å². The minimum atomic E-state index is -0.136. The summed E-state index contributed by atoms with van der Waals surface area (Å²) >= 11 is 0. The Morgan fingerprint density at radius 3 is 2.20 bits per heavy atom. The highest BCUT2D eigenvalue weighted by Crippen LogP contribution is 2.34. The first-order valence-electron chi connectivity index (χ1n) is 4.36. The van der Waals surface area contributed by atoms with E-state index in [1.807, 2.05) is 0 Å². The van der Waals surface area contributed by atoms with Crippen molar-refractivity contribution in [1.82, 2.24) is 0 Å². The van der Waals surface area contributed by atoms with E-state index in [0.717, 1.165) is 0 Å². The summed E-state index contributed by atoms with van der Waals surface area (Å²) in [5.74, 6) is 0.456. The summed E-state index contributed by atoms with van der Waals surface area (Å²) in [7, 11) is 2.85. The number of hydrogen-bond acceptors (Lipinski definition) is 4. The Bertz CT molecular complexity index is 396. The van der Waals surface area contributed by atoms with Crippen molar-refractivity contribution in [3.05, 3.63) is 23.3 Å². The van der Waals surface area contributed by atoms with E-state index in [4.69, 9.17) is 9.47 Å². The standard InChI is InChI=1S/C11H12O4/c1-7(13)9-5-4-8(6-12)10(14-2)11(9)15-3/h4-6H,1-3H3. The first-order valence-corrected chi connectivity index (χ1v) is 4.36. The highest BCUT2D eigenvalue weighted by Gasteiger charge is 2.16. The van der Waals surface area contributed by atoms with Crippen molar-refractivity contribution >= 4 is 12.1 Å². The number of aldehydes is 1. The van der Waals surface area contributed by atoms with Crippen molar-refractivity contribution in [2.45, 2.75) is 6.92 Å². The molecule has 0 radical (unpaired) electrons. The summed E-state index contributed by atoms with van der Waals surface area (Å²) in [6.07, 6.45) is 0.658. The molecule has 0 unspecified atom stereocenters. The minimum absolute atomic E-state index is 0.136. The lowest BCUT2D eigenvalue weighted by Crippen LogP contribution is -2.02. The normalized spacial score (nSPS) is 9.53. The number of ether oxygens (including phenoxy) is 2. The summed E-state index contributed by atoms with van der Waals surface area (Å²) in [5.41, 5.74) is 0.763. The SMILES string of the molecule is COc1c(C=O)ccc(C(C)=O)c1OC. The molecule has 1 aromatic carbocycles. The molecule has 0 atom stereocenters. The summed E-state index contributed by atoms with van der Waals surface area (Å²) in [6, 6.07) is 3.08. The summed E-state index contributed by atoms with van der Waals surface area (Å²) < 4.78 is 10.1.